The van der Waals surface area contributed by atoms with E-state index < -0.39 is 0 Å². The smallest absolute Gasteiger partial charge is 0.263 e. The van der Waals surface area contributed by atoms with Crippen molar-refractivity contribution in [3.8, 4) is 11.5 Å². The fraction of sp³-hybridized carbons (Fsp3) is 0.500. The molecule has 0 saturated carbocycles. The van der Waals surface area contributed by atoms with E-state index in [1.165, 1.54) is 16.9 Å². The minimum absolute atomic E-state index is 0.0358. The van der Waals surface area contributed by atoms with E-state index >= 15 is 0 Å². The number of aromatic nitrogens is 2. The van der Waals surface area contributed by atoms with Crippen LogP contribution in [0.5, 0.6) is 11.5 Å². The van der Waals surface area contributed by atoms with Crippen LogP contribution >= 0.6 is 11.3 Å². The number of amides is 1. The summed E-state index contributed by atoms with van der Waals surface area (Å²) in [5, 5.41) is 0.837. The summed E-state index contributed by atoms with van der Waals surface area (Å²) in [5.74, 6) is 1.84. The van der Waals surface area contributed by atoms with E-state index in [9.17, 15) is 9.59 Å². The van der Waals surface area contributed by atoms with E-state index in [2.05, 4.69) is 11.8 Å². The Bertz CT molecular complexity index is 1280. The predicted octanol–water partition coefficient (Wildman–Crippen LogP) is 3.48. The summed E-state index contributed by atoms with van der Waals surface area (Å²) in [6.07, 6.45) is 5.23. The highest BCUT2D eigenvalue weighted by molar-refractivity contribution is 7.18. The van der Waals surface area contributed by atoms with Gasteiger partial charge in [-0.3, -0.25) is 14.2 Å². The van der Waals surface area contributed by atoms with Crippen LogP contribution in [0.3, 0.4) is 0 Å². The van der Waals surface area contributed by atoms with Crippen molar-refractivity contribution in [2.24, 2.45) is 0 Å². The van der Waals surface area contributed by atoms with Gasteiger partial charge in [0.25, 0.3) is 11.5 Å². The average Bonchev–Trinajstić information content (AvgIpc) is 3.28. The van der Waals surface area contributed by atoms with Crippen LogP contribution in [0.4, 0.5) is 5.95 Å². The van der Waals surface area contributed by atoms with Crippen molar-refractivity contribution >= 4 is 33.4 Å². The minimum Gasteiger partial charge on any atom is -0.493 e. The van der Waals surface area contributed by atoms with Crippen molar-refractivity contribution in [2.75, 3.05) is 44.8 Å². The van der Waals surface area contributed by atoms with Crippen molar-refractivity contribution in [2.45, 2.75) is 45.6 Å². The number of fused-ring (bicyclic) bond motifs is 3. The molecular weight excluding hydrogens is 464 g/mol. The molecule has 8 nitrogen and oxygen atoms in total. The molecule has 1 amide bonds. The molecule has 1 fully saturated rings. The molecule has 9 heteroatoms. The standard InChI is InChI=1S/C26H32N4O4S/c1-3-12-30-25(32)23-18-8-4-7-11-21(18)35-24(23)27-26(30)29-15-13-28(14-16-29)22(31)17-34-20-10-6-5-9-19(20)33-2/h5-6,9-10H,3-4,7-8,11-17H2,1-2H3. The Morgan fingerprint density at radius 3 is 2.57 bits per heavy atom. The Morgan fingerprint density at radius 1 is 1.09 bits per heavy atom. The number of para-hydroxylation sites is 2. The van der Waals surface area contributed by atoms with E-state index in [0.29, 0.717) is 44.2 Å². The topological polar surface area (TPSA) is 76.9 Å². The zero-order valence-electron chi connectivity index (χ0n) is 20.4. The molecule has 0 spiro atoms. The lowest BCUT2D eigenvalue weighted by Gasteiger charge is -2.36. The van der Waals surface area contributed by atoms with Gasteiger partial charge in [-0.15, -0.1) is 11.3 Å². The molecule has 0 atom stereocenters. The molecule has 0 radical (unpaired) electrons. The van der Waals surface area contributed by atoms with Crippen LogP contribution in [0.15, 0.2) is 29.1 Å². The SMILES string of the molecule is CCCn1c(N2CCN(C(=O)COc3ccccc3OC)CC2)nc2sc3c(c2c1=O)CCCC3. The van der Waals surface area contributed by atoms with Crippen LogP contribution in [0.1, 0.15) is 36.6 Å². The zero-order chi connectivity index (χ0) is 24.4. The van der Waals surface area contributed by atoms with Gasteiger partial charge in [0.15, 0.2) is 18.1 Å². The molecule has 0 bridgehead atoms. The van der Waals surface area contributed by atoms with Crippen molar-refractivity contribution in [1.29, 1.82) is 0 Å². The van der Waals surface area contributed by atoms with Crippen molar-refractivity contribution in [1.82, 2.24) is 14.5 Å². The van der Waals surface area contributed by atoms with Gasteiger partial charge in [0, 0.05) is 37.6 Å². The number of piperazine rings is 1. The molecule has 2 aromatic heterocycles. The highest BCUT2D eigenvalue weighted by Crippen LogP contribution is 2.35. The highest BCUT2D eigenvalue weighted by atomic mass is 32.1. The summed E-state index contributed by atoms with van der Waals surface area (Å²) in [6, 6.07) is 7.32. The number of anilines is 1. The van der Waals surface area contributed by atoms with Gasteiger partial charge in [0.2, 0.25) is 5.95 Å². The lowest BCUT2D eigenvalue weighted by atomic mass is 9.97. The van der Waals surface area contributed by atoms with Gasteiger partial charge in [-0.1, -0.05) is 19.1 Å². The van der Waals surface area contributed by atoms with Crippen LogP contribution in [0.2, 0.25) is 0 Å². The second kappa shape index (κ2) is 10.3. The monoisotopic (exact) mass is 496 g/mol. The number of methoxy groups -OCH3 is 1. The number of benzene rings is 1. The van der Waals surface area contributed by atoms with Gasteiger partial charge >= 0.3 is 0 Å². The lowest BCUT2D eigenvalue weighted by molar-refractivity contribution is -0.133. The summed E-state index contributed by atoms with van der Waals surface area (Å²) >= 11 is 1.69. The number of carbonyl (C=O) groups excluding carboxylic acids is 1. The third-order valence-electron chi connectivity index (χ3n) is 6.84. The Labute approximate surface area is 209 Å². The van der Waals surface area contributed by atoms with Crippen molar-refractivity contribution < 1.29 is 14.3 Å². The normalized spacial score (nSPS) is 15.8. The number of ether oxygens (including phenoxy) is 2. The molecule has 3 heterocycles. The highest BCUT2D eigenvalue weighted by Gasteiger charge is 2.27. The maximum atomic E-state index is 13.6. The molecule has 5 rings (SSSR count). The first kappa shape index (κ1) is 23.7. The van der Waals surface area contributed by atoms with Crippen LogP contribution in [0, 0.1) is 0 Å². The molecule has 2 aliphatic rings. The average molecular weight is 497 g/mol. The van der Waals surface area contributed by atoms with Crippen molar-refractivity contribution in [3.63, 3.8) is 0 Å². The summed E-state index contributed by atoms with van der Waals surface area (Å²) in [5.41, 5.74) is 1.32. The molecule has 1 aliphatic heterocycles. The maximum Gasteiger partial charge on any atom is 0.263 e. The van der Waals surface area contributed by atoms with Crippen LogP contribution in [0.25, 0.3) is 10.2 Å². The Morgan fingerprint density at radius 2 is 1.83 bits per heavy atom. The summed E-state index contributed by atoms with van der Waals surface area (Å²) in [7, 11) is 1.58. The Hall–Kier alpha value is -3.07. The number of carbonyl (C=O) groups is 1. The molecule has 186 valence electrons. The molecule has 3 aromatic rings. The van der Waals surface area contributed by atoms with Gasteiger partial charge in [-0.2, -0.15) is 0 Å². The van der Waals surface area contributed by atoms with E-state index in [1.54, 1.807) is 24.5 Å². The van der Waals surface area contributed by atoms with Crippen LogP contribution in [-0.2, 0) is 24.2 Å². The van der Waals surface area contributed by atoms with Crippen LogP contribution in [-0.4, -0.2) is 60.3 Å². The second-order valence-electron chi connectivity index (χ2n) is 9.07. The van der Waals surface area contributed by atoms with E-state index in [-0.39, 0.29) is 18.1 Å². The van der Waals surface area contributed by atoms with Crippen molar-refractivity contribution in [3.05, 3.63) is 45.1 Å². The molecule has 35 heavy (non-hydrogen) atoms. The fourth-order valence-corrected chi connectivity index (χ4v) is 6.27. The van der Waals surface area contributed by atoms with Crippen LogP contribution < -0.4 is 19.9 Å². The number of thiophene rings is 1. The summed E-state index contributed by atoms with van der Waals surface area (Å²) in [4.78, 5) is 37.6. The lowest BCUT2D eigenvalue weighted by Crippen LogP contribution is -2.51. The zero-order valence-corrected chi connectivity index (χ0v) is 21.2. The molecule has 0 N–H and O–H groups in total. The first-order valence-corrected chi connectivity index (χ1v) is 13.3. The fourth-order valence-electron chi connectivity index (χ4n) is 5.02. The number of rotatable bonds is 7. The molecular formula is C26H32N4O4S. The third-order valence-corrected chi connectivity index (χ3v) is 8.02. The van der Waals surface area contributed by atoms with E-state index in [4.69, 9.17) is 14.5 Å². The molecule has 1 aliphatic carbocycles. The Balaban J connectivity index is 1.31. The van der Waals surface area contributed by atoms with Gasteiger partial charge in [0.1, 0.15) is 4.83 Å². The summed E-state index contributed by atoms with van der Waals surface area (Å²) in [6.45, 7) is 5.09. The van der Waals surface area contributed by atoms with E-state index in [0.717, 1.165) is 41.8 Å². The minimum atomic E-state index is -0.0594. The molecule has 1 saturated heterocycles. The largest absolute Gasteiger partial charge is 0.493 e. The first-order chi connectivity index (χ1) is 17.1. The molecule has 0 unspecified atom stereocenters. The van der Waals surface area contributed by atoms with Gasteiger partial charge in [-0.05, 0) is 49.8 Å². The third kappa shape index (κ3) is 4.61. The predicted molar refractivity (Wildman–Crippen MR) is 138 cm³/mol. The maximum absolute atomic E-state index is 13.6. The van der Waals surface area contributed by atoms with Gasteiger partial charge in [-0.25, -0.2) is 4.98 Å². The Kier molecular flexibility index (Phi) is 6.95. The number of hydrogen-bond donors (Lipinski definition) is 0. The summed E-state index contributed by atoms with van der Waals surface area (Å²) < 4.78 is 12.9. The van der Waals surface area contributed by atoms with Gasteiger partial charge in [0.05, 0.1) is 12.5 Å². The number of hydrogen-bond acceptors (Lipinski definition) is 7. The number of aryl methyl sites for hydroxylation is 2. The second-order valence-corrected chi connectivity index (χ2v) is 10.2. The number of nitrogens with zero attached hydrogens (tertiary/aromatic N) is 4. The van der Waals surface area contributed by atoms with E-state index in [1.807, 2.05) is 27.7 Å². The molecule has 1 aromatic carbocycles. The van der Waals surface area contributed by atoms with Gasteiger partial charge < -0.3 is 19.3 Å². The quantitative estimate of drug-likeness (QED) is 0.499. The first-order valence-electron chi connectivity index (χ1n) is 12.4.